The minimum atomic E-state index is 0.307. The SMILES string of the molecule is COc1ccc(CCC(=O)N2C[C@@H]3CC[C@H](C2)N(CC=C(C)C)C3)cc1. The third kappa shape index (κ3) is 4.88. The second kappa shape index (κ2) is 8.72. The third-order valence-electron chi connectivity index (χ3n) is 5.70. The van der Waals surface area contributed by atoms with Crippen LogP contribution in [0.5, 0.6) is 5.75 Å². The first-order valence-electron chi connectivity index (χ1n) is 9.83. The van der Waals surface area contributed by atoms with Gasteiger partial charge in [0.05, 0.1) is 7.11 Å². The average Bonchev–Trinajstić information content (AvgIpc) is 2.96. The van der Waals surface area contributed by atoms with Gasteiger partial charge >= 0.3 is 0 Å². The maximum atomic E-state index is 12.8. The van der Waals surface area contributed by atoms with Gasteiger partial charge in [0.25, 0.3) is 0 Å². The Labute approximate surface area is 157 Å². The lowest BCUT2D eigenvalue weighted by Gasteiger charge is -2.35. The summed E-state index contributed by atoms with van der Waals surface area (Å²) >= 11 is 0. The maximum Gasteiger partial charge on any atom is 0.222 e. The monoisotopic (exact) mass is 356 g/mol. The molecule has 4 rings (SSSR count). The molecule has 3 aliphatic rings. The van der Waals surface area contributed by atoms with Gasteiger partial charge in [0.1, 0.15) is 5.75 Å². The molecule has 3 saturated heterocycles. The number of aryl methyl sites for hydroxylation is 1. The van der Waals surface area contributed by atoms with Crippen LogP contribution in [-0.4, -0.2) is 55.0 Å². The zero-order valence-corrected chi connectivity index (χ0v) is 16.4. The second-order valence-corrected chi connectivity index (χ2v) is 7.98. The summed E-state index contributed by atoms with van der Waals surface area (Å²) in [7, 11) is 1.67. The van der Waals surface area contributed by atoms with Gasteiger partial charge in [-0.25, -0.2) is 0 Å². The molecule has 1 aromatic carbocycles. The van der Waals surface area contributed by atoms with Crippen molar-refractivity contribution in [2.24, 2.45) is 5.92 Å². The number of piperidine rings is 1. The number of benzene rings is 1. The predicted molar refractivity (Wildman–Crippen MR) is 105 cm³/mol. The highest BCUT2D eigenvalue weighted by molar-refractivity contribution is 5.76. The summed E-state index contributed by atoms with van der Waals surface area (Å²) in [6.45, 7) is 8.31. The Morgan fingerprint density at radius 3 is 2.62 bits per heavy atom. The van der Waals surface area contributed by atoms with Gasteiger partial charge in [0.15, 0.2) is 0 Å². The molecule has 2 bridgehead atoms. The molecule has 26 heavy (non-hydrogen) atoms. The number of fused-ring (bicyclic) bond motifs is 4. The van der Waals surface area contributed by atoms with E-state index in [1.807, 2.05) is 12.1 Å². The molecule has 0 unspecified atom stereocenters. The van der Waals surface area contributed by atoms with Crippen molar-refractivity contribution in [3.8, 4) is 5.75 Å². The number of ether oxygens (including phenoxy) is 1. The van der Waals surface area contributed by atoms with E-state index >= 15 is 0 Å². The summed E-state index contributed by atoms with van der Waals surface area (Å²) in [5.74, 6) is 1.80. The number of methoxy groups -OCH3 is 1. The second-order valence-electron chi connectivity index (χ2n) is 7.98. The van der Waals surface area contributed by atoms with Gasteiger partial charge in [-0.15, -0.1) is 0 Å². The van der Waals surface area contributed by atoms with Crippen molar-refractivity contribution in [2.45, 2.75) is 45.6 Å². The molecular formula is C22H32N2O2. The fraction of sp³-hybridized carbons (Fsp3) is 0.591. The van der Waals surface area contributed by atoms with Crippen molar-refractivity contribution < 1.29 is 9.53 Å². The van der Waals surface area contributed by atoms with E-state index in [-0.39, 0.29) is 0 Å². The highest BCUT2D eigenvalue weighted by Gasteiger charge is 2.35. The van der Waals surface area contributed by atoms with Gasteiger partial charge in [-0.05, 0) is 56.7 Å². The first-order valence-corrected chi connectivity index (χ1v) is 9.83. The van der Waals surface area contributed by atoms with E-state index in [2.05, 4.69) is 41.9 Å². The van der Waals surface area contributed by atoms with Crippen LogP contribution in [0.1, 0.15) is 38.7 Å². The van der Waals surface area contributed by atoms with Crippen LogP contribution in [0, 0.1) is 5.92 Å². The largest absolute Gasteiger partial charge is 0.497 e. The topological polar surface area (TPSA) is 32.8 Å². The minimum Gasteiger partial charge on any atom is -0.497 e. The molecule has 1 amide bonds. The molecule has 0 saturated carbocycles. The molecule has 0 aromatic heterocycles. The molecule has 4 nitrogen and oxygen atoms in total. The zero-order chi connectivity index (χ0) is 18.5. The standard InChI is InChI=1S/C22H32N2O2/c1-17(2)12-13-23-14-19-4-8-20(23)16-24(15-19)22(25)11-7-18-5-9-21(26-3)10-6-18/h5-6,9-10,12,19-20H,4,7-8,11,13-16H2,1-3H3/t19-,20-/m1/s1. The van der Waals surface area contributed by atoms with Gasteiger partial charge in [-0.2, -0.15) is 0 Å². The average molecular weight is 357 g/mol. The number of hydrogen-bond donors (Lipinski definition) is 0. The normalized spacial score (nSPS) is 22.8. The molecule has 3 aliphatic heterocycles. The fourth-order valence-electron chi connectivity index (χ4n) is 4.11. The van der Waals surface area contributed by atoms with Crippen molar-refractivity contribution in [3.63, 3.8) is 0 Å². The molecule has 2 atom stereocenters. The summed E-state index contributed by atoms with van der Waals surface area (Å²) < 4.78 is 5.20. The van der Waals surface area contributed by atoms with Crippen molar-refractivity contribution in [3.05, 3.63) is 41.5 Å². The van der Waals surface area contributed by atoms with Crippen LogP contribution >= 0.6 is 0 Å². The number of nitrogens with zero attached hydrogens (tertiary/aromatic N) is 2. The number of hydrogen-bond acceptors (Lipinski definition) is 3. The zero-order valence-electron chi connectivity index (χ0n) is 16.4. The Kier molecular flexibility index (Phi) is 6.36. The van der Waals surface area contributed by atoms with Crippen LogP contribution in [-0.2, 0) is 11.2 Å². The molecule has 142 valence electrons. The molecule has 1 aromatic rings. The highest BCUT2D eigenvalue weighted by Crippen LogP contribution is 2.28. The van der Waals surface area contributed by atoms with E-state index in [9.17, 15) is 4.79 Å². The number of carbonyl (C=O) groups excluding carboxylic acids is 1. The Balaban J connectivity index is 1.55. The quantitative estimate of drug-likeness (QED) is 0.731. The van der Waals surface area contributed by atoms with Gasteiger partial charge in [0.2, 0.25) is 5.91 Å². The van der Waals surface area contributed by atoms with E-state index in [0.29, 0.717) is 24.3 Å². The van der Waals surface area contributed by atoms with Crippen LogP contribution in [0.4, 0.5) is 0 Å². The van der Waals surface area contributed by atoms with E-state index in [1.54, 1.807) is 7.11 Å². The number of rotatable bonds is 6. The maximum absolute atomic E-state index is 12.8. The number of amides is 1. The van der Waals surface area contributed by atoms with Crippen molar-refractivity contribution in [1.82, 2.24) is 9.80 Å². The van der Waals surface area contributed by atoms with E-state index in [1.165, 1.54) is 24.0 Å². The smallest absolute Gasteiger partial charge is 0.222 e. The van der Waals surface area contributed by atoms with Crippen molar-refractivity contribution >= 4 is 5.91 Å². The number of carbonyl (C=O) groups is 1. The Bertz CT molecular complexity index is 634. The summed E-state index contributed by atoms with van der Waals surface area (Å²) in [5.41, 5.74) is 2.57. The molecule has 0 aliphatic carbocycles. The molecule has 4 heteroatoms. The van der Waals surface area contributed by atoms with E-state index < -0.39 is 0 Å². The van der Waals surface area contributed by atoms with Crippen LogP contribution in [0.15, 0.2) is 35.9 Å². The van der Waals surface area contributed by atoms with Gasteiger partial charge in [-0.3, -0.25) is 9.69 Å². The predicted octanol–water partition coefficient (Wildman–Crippen LogP) is 3.52. The Morgan fingerprint density at radius 1 is 1.15 bits per heavy atom. The Hall–Kier alpha value is -1.81. The van der Waals surface area contributed by atoms with Gasteiger partial charge in [-0.1, -0.05) is 23.8 Å². The van der Waals surface area contributed by atoms with Crippen LogP contribution in [0.25, 0.3) is 0 Å². The van der Waals surface area contributed by atoms with Gasteiger partial charge < -0.3 is 9.64 Å². The summed E-state index contributed by atoms with van der Waals surface area (Å²) in [4.78, 5) is 17.5. The van der Waals surface area contributed by atoms with Crippen molar-refractivity contribution in [1.29, 1.82) is 0 Å². The lowest BCUT2D eigenvalue weighted by Crippen LogP contribution is -2.44. The van der Waals surface area contributed by atoms with Gasteiger partial charge in [0, 0.05) is 38.6 Å². The molecule has 0 spiro atoms. The fourth-order valence-corrected chi connectivity index (χ4v) is 4.11. The molecule has 3 heterocycles. The lowest BCUT2D eigenvalue weighted by molar-refractivity contribution is -0.131. The Morgan fingerprint density at radius 2 is 1.92 bits per heavy atom. The summed E-state index contributed by atoms with van der Waals surface area (Å²) in [6, 6.07) is 8.56. The van der Waals surface area contributed by atoms with Crippen molar-refractivity contribution in [2.75, 3.05) is 33.3 Å². The lowest BCUT2D eigenvalue weighted by atomic mass is 9.95. The highest BCUT2D eigenvalue weighted by atomic mass is 16.5. The molecular weight excluding hydrogens is 324 g/mol. The summed E-state index contributed by atoms with van der Waals surface area (Å²) in [5, 5.41) is 0. The minimum absolute atomic E-state index is 0.307. The first kappa shape index (κ1) is 19.0. The molecule has 3 fully saturated rings. The number of allylic oxidation sites excluding steroid dienone is 1. The molecule has 0 N–H and O–H groups in total. The molecule has 0 radical (unpaired) electrons. The first-order chi connectivity index (χ1) is 12.5. The third-order valence-corrected chi connectivity index (χ3v) is 5.70. The van der Waals surface area contributed by atoms with Crippen LogP contribution in [0.2, 0.25) is 0 Å². The van der Waals surface area contributed by atoms with E-state index in [0.717, 1.165) is 38.3 Å². The van der Waals surface area contributed by atoms with Crippen LogP contribution in [0.3, 0.4) is 0 Å². The van der Waals surface area contributed by atoms with Crippen LogP contribution < -0.4 is 4.74 Å². The van der Waals surface area contributed by atoms with E-state index in [4.69, 9.17) is 4.74 Å². The summed E-state index contributed by atoms with van der Waals surface area (Å²) in [6.07, 6.45) is 6.20.